The molecule has 0 amide bonds. The third-order valence-electron chi connectivity index (χ3n) is 4.70. The summed E-state index contributed by atoms with van der Waals surface area (Å²) in [5.41, 5.74) is 5.29. The fourth-order valence-electron chi connectivity index (χ4n) is 3.04. The minimum absolute atomic E-state index is 0.0160. The van der Waals surface area contributed by atoms with Crippen molar-refractivity contribution in [3.8, 4) is 17.2 Å². The number of anilines is 1. The van der Waals surface area contributed by atoms with Crippen LogP contribution in [-0.4, -0.2) is 31.3 Å². The standard InChI is InChI=1S/C21H25ClF3N3O3Si/c1-29-16-9-13(26)5-6-15(16)31-17-10-18(22)27-20-19(17)14(21(23,24)25)11-28(20)12-30-7-8-32(2,3)4/h5-6,9-11H,7-8,12,26H2,1-4H3. The molecule has 0 saturated heterocycles. The van der Waals surface area contributed by atoms with Gasteiger partial charge in [0.05, 0.1) is 18.1 Å². The Morgan fingerprint density at radius 2 is 1.84 bits per heavy atom. The van der Waals surface area contributed by atoms with Gasteiger partial charge in [-0.05, 0) is 18.2 Å². The molecule has 0 radical (unpaired) electrons. The van der Waals surface area contributed by atoms with Gasteiger partial charge in [0.1, 0.15) is 23.3 Å². The Bertz CT molecular complexity index is 1110. The highest BCUT2D eigenvalue weighted by Gasteiger charge is 2.37. The third kappa shape index (κ3) is 5.67. The fraction of sp³-hybridized carbons (Fsp3) is 0.381. The van der Waals surface area contributed by atoms with Gasteiger partial charge in [0, 0.05) is 38.7 Å². The lowest BCUT2D eigenvalue weighted by atomic mass is 10.2. The second-order valence-electron chi connectivity index (χ2n) is 8.51. The number of nitrogens with two attached hydrogens (primary N) is 1. The summed E-state index contributed by atoms with van der Waals surface area (Å²) < 4.78 is 59.7. The van der Waals surface area contributed by atoms with E-state index in [-0.39, 0.29) is 40.2 Å². The summed E-state index contributed by atoms with van der Waals surface area (Å²) in [6, 6.07) is 6.71. The lowest BCUT2D eigenvalue weighted by molar-refractivity contribution is -0.136. The molecule has 0 aliphatic heterocycles. The minimum atomic E-state index is -4.64. The van der Waals surface area contributed by atoms with Crippen LogP contribution in [0.2, 0.25) is 30.8 Å². The molecule has 0 atom stereocenters. The molecule has 3 rings (SSSR count). The topological polar surface area (TPSA) is 71.5 Å². The maximum Gasteiger partial charge on any atom is 0.418 e. The summed E-state index contributed by atoms with van der Waals surface area (Å²) in [7, 11) is 0.0690. The van der Waals surface area contributed by atoms with Crippen LogP contribution < -0.4 is 15.2 Å². The Hall–Kier alpha value is -2.43. The summed E-state index contributed by atoms with van der Waals surface area (Å²) in [6.07, 6.45) is -3.67. The second kappa shape index (κ2) is 9.20. The highest BCUT2D eigenvalue weighted by Crippen LogP contribution is 2.43. The van der Waals surface area contributed by atoms with Gasteiger partial charge in [-0.25, -0.2) is 4.98 Å². The van der Waals surface area contributed by atoms with E-state index < -0.39 is 19.8 Å². The van der Waals surface area contributed by atoms with E-state index in [4.69, 9.17) is 31.5 Å². The van der Waals surface area contributed by atoms with Crippen molar-refractivity contribution in [2.75, 3.05) is 19.5 Å². The molecule has 32 heavy (non-hydrogen) atoms. The quantitative estimate of drug-likeness (QED) is 0.172. The molecule has 3 aromatic rings. The smallest absolute Gasteiger partial charge is 0.418 e. The Morgan fingerprint density at radius 1 is 1.12 bits per heavy atom. The predicted octanol–water partition coefficient (Wildman–Crippen LogP) is 6.40. The molecule has 0 unspecified atom stereocenters. The number of fused-ring (bicyclic) bond motifs is 1. The summed E-state index contributed by atoms with van der Waals surface area (Å²) in [5, 5.41) is -0.230. The monoisotopic (exact) mass is 487 g/mol. The summed E-state index contributed by atoms with van der Waals surface area (Å²) in [5.74, 6) is 0.363. The maximum atomic E-state index is 13.9. The molecular formula is C21H25ClF3N3O3Si. The first-order valence-electron chi connectivity index (χ1n) is 9.85. The van der Waals surface area contributed by atoms with Crippen LogP contribution in [0.3, 0.4) is 0 Å². The molecule has 2 heterocycles. The zero-order chi connectivity index (χ0) is 23.7. The predicted molar refractivity (Wildman–Crippen MR) is 121 cm³/mol. The Morgan fingerprint density at radius 3 is 2.47 bits per heavy atom. The van der Waals surface area contributed by atoms with Crippen LogP contribution in [0.4, 0.5) is 18.9 Å². The highest BCUT2D eigenvalue weighted by molar-refractivity contribution is 6.76. The van der Waals surface area contributed by atoms with Crippen molar-refractivity contribution in [2.45, 2.75) is 38.6 Å². The number of benzene rings is 1. The van der Waals surface area contributed by atoms with Crippen molar-refractivity contribution < 1.29 is 27.4 Å². The second-order valence-corrected chi connectivity index (χ2v) is 14.5. The zero-order valence-electron chi connectivity index (χ0n) is 18.2. The Kier molecular flexibility index (Phi) is 6.96. The number of ether oxygens (including phenoxy) is 3. The highest BCUT2D eigenvalue weighted by atomic mass is 35.5. The number of aromatic nitrogens is 2. The molecule has 6 nitrogen and oxygen atoms in total. The third-order valence-corrected chi connectivity index (χ3v) is 6.60. The van der Waals surface area contributed by atoms with Gasteiger partial charge in [0.15, 0.2) is 11.5 Å². The van der Waals surface area contributed by atoms with Gasteiger partial charge in [-0.3, -0.25) is 0 Å². The fourth-order valence-corrected chi connectivity index (χ4v) is 3.98. The van der Waals surface area contributed by atoms with Gasteiger partial charge in [-0.15, -0.1) is 0 Å². The van der Waals surface area contributed by atoms with Crippen molar-refractivity contribution in [1.29, 1.82) is 0 Å². The van der Waals surface area contributed by atoms with E-state index in [2.05, 4.69) is 24.6 Å². The van der Waals surface area contributed by atoms with Crippen molar-refractivity contribution in [2.24, 2.45) is 0 Å². The van der Waals surface area contributed by atoms with E-state index >= 15 is 0 Å². The van der Waals surface area contributed by atoms with Crippen molar-refractivity contribution in [3.05, 3.63) is 41.2 Å². The lowest BCUT2D eigenvalue weighted by Crippen LogP contribution is -2.22. The van der Waals surface area contributed by atoms with E-state index in [1.165, 1.54) is 29.9 Å². The number of rotatable bonds is 8. The van der Waals surface area contributed by atoms with Crippen LogP contribution in [0.25, 0.3) is 11.0 Å². The van der Waals surface area contributed by atoms with Crippen LogP contribution in [0.15, 0.2) is 30.5 Å². The number of nitrogens with zero attached hydrogens (tertiary/aromatic N) is 2. The number of hydrogen-bond acceptors (Lipinski definition) is 5. The first-order chi connectivity index (χ1) is 14.9. The normalized spacial score (nSPS) is 12.4. The van der Waals surface area contributed by atoms with E-state index in [1.807, 2.05) is 0 Å². The van der Waals surface area contributed by atoms with Crippen LogP contribution in [0.5, 0.6) is 17.2 Å². The molecule has 2 aromatic heterocycles. The Balaban J connectivity index is 2.05. The van der Waals surface area contributed by atoms with Crippen LogP contribution in [0.1, 0.15) is 5.56 Å². The summed E-state index contributed by atoms with van der Waals surface area (Å²) in [6.45, 7) is 6.94. The van der Waals surface area contributed by atoms with Gasteiger partial charge in [-0.2, -0.15) is 13.2 Å². The molecule has 2 N–H and O–H groups in total. The van der Waals surface area contributed by atoms with E-state index in [1.54, 1.807) is 6.07 Å². The number of methoxy groups -OCH3 is 1. The van der Waals surface area contributed by atoms with Gasteiger partial charge in [0.2, 0.25) is 0 Å². The van der Waals surface area contributed by atoms with Crippen LogP contribution in [-0.2, 0) is 17.6 Å². The average Bonchev–Trinajstić information content (AvgIpc) is 3.05. The number of alkyl halides is 3. The van der Waals surface area contributed by atoms with Gasteiger partial charge in [-0.1, -0.05) is 31.2 Å². The summed E-state index contributed by atoms with van der Waals surface area (Å²) in [4.78, 5) is 4.12. The summed E-state index contributed by atoms with van der Waals surface area (Å²) >= 11 is 6.13. The SMILES string of the molecule is COc1cc(N)ccc1Oc1cc(Cl)nc2c1c(C(F)(F)F)cn2COCC[Si](C)(C)C. The van der Waals surface area contributed by atoms with Crippen molar-refractivity contribution in [3.63, 3.8) is 0 Å². The van der Waals surface area contributed by atoms with E-state index in [0.29, 0.717) is 12.3 Å². The van der Waals surface area contributed by atoms with Gasteiger partial charge >= 0.3 is 6.18 Å². The van der Waals surface area contributed by atoms with E-state index in [9.17, 15) is 13.2 Å². The molecule has 0 saturated carbocycles. The van der Waals surface area contributed by atoms with Gasteiger partial charge in [0.25, 0.3) is 0 Å². The molecule has 0 fully saturated rings. The number of pyridine rings is 1. The lowest BCUT2D eigenvalue weighted by Gasteiger charge is -2.16. The molecule has 11 heteroatoms. The molecule has 1 aromatic carbocycles. The molecule has 0 bridgehead atoms. The molecule has 0 aliphatic rings. The number of nitrogen functional groups attached to an aromatic ring is 1. The number of halogens is 4. The minimum Gasteiger partial charge on any atom is -0.493 e. The first kappa shape index (κ1) is 24.2. The number of hydrogen-bond donors (Lipinski definition) is 1. The molecule has 0 spiro atoms. The largest absolute Gasteiger partial charge is 0.493 e. The van der Waals surface area contributed by atoms with Crippen molar-refractivity contribution >= 4 is 36.4 Å². The zero-order valence-corrected chi connectivity index (χ0v) is 20.0. The molecule has 174 valence electrons. The van der Waals surface area contributed by atoms with Crippen LogP contribution >= 0.6 is 11.6 Å². The molecular weight excluding hydrogens is 463 g/mol. The van der Waals surface area contributed by atoms with E-state index in [0.717, 1.165) is 12.2 Å². The van der Waals surface area contributed by atoms with Crippen molar-refractivity contribution in [1.82, 2.24) is 9.55 Å². The first-order valence-corrected chi connectivity index (χ1v) is 13.9. The Labute approximate surface area is 190 Å². The van der Waals surface area contributed by atoms with Gasteiger partial charge < -0.3 is 24.5 Å². The maximum absolute atomic E-state index is 13.9. The average molecular weight is 488 g/mol. The molecule has 0 aliphatic carbocycles. The van der Waals surface area contributed by atoms with Crippen LogP contribution in [0, 0.1) is 0 Å².